The summed E-state index contributed by atoms with van der Waals surface area (Å²) in [5, 5.41) is 3.24. The first-order valence-corrected chi connectivity index (χ1v) is 6.45. The van der Waals surface area contributed by atoms with Crippen molar-refractivity contribution in [1.82, 2.24) is 5.32 Å². The molecule has 1 amide bonds. The van der Waals surface area contributed by atoms with Crippen LogP contribution in [0.25, 0.3) is 0 Å². The van der Waals surface area contributed by atoms with E-state index in [1.807, 2.05) is 12.1 Å². The Balaban J connectivity index is 2.98. The van der Waals surface area contributed by atoms with Crippen molar-refractivity contribution in [2.45, 2.75) is 26.3 Å². The number of amides is 1. The molecule has 94 valence electrons. The standard InChI is InChI=1S/C13H19BrN2O/c1-9(2)13(3,16-8-12(15)17)10-4-6-11(14)7-5-10/h4-7,9,16H,8H2,1-3H3,(H2,15,17). The fourth-order valence-corrected chi connectivity index (χ4v) is 1.97. The van der Waals surface area contributed by atoms with Crippen LogP contribution in [0.1, 0.15) is 26.3 Å². The predicted molar refractivity (Wildman–Crippen MR) is 73.5 cm³/mol. The first kappa shape index (κ1) is 14.2. The Morgan fingerprint density at radius 2 is 1.94 bits per heavy atom. The molecule has 3 nitrogen and oxygen atoms in total. The minimum absolute atomic E-state index is 0.185. The van der Waals surface area contributed by atoms with Crippen molar-refractivity contribution < 1.29 is 4.79 Å². The van der Waals surface area contributed by atoms with Crippen molar-refractivity contribution >= 4 is 21.8 Å². The van der Waals surface area contributed by atoms with Crippen molar-refractivity contribution in [1.29, 1.82) is 0 Å². The number of nitrogens with one attached hydrogen (secondary N) is 1. The molecule has 0 bridgehead atoms. The van der Waals surface area contributed by atoms with Gasteiger partial charge in [0.15, 0.2) is 0 Å². The van der Waals surface area contributed by atoms with E-state index < -0.39 is 0 Å². The second kappa shape index (κ2) is 5.65. The summed E-state index contributed by atoms with van der Waals surface area (Å²) in [5.74, 6) is 0.0111. The summed E-state index contributed by atoms with van der Waals surface area (Å²) >= 11 is 3.42. The summed E-state index contributed by atoms with van der Waals surface area (Å²) < 4.78 is 1.04. The lowest BCUT2D eigenvalue weighted by molar-refractivity contribution is -0.117. The van der Waals surface area contributed by atoms with Gasteiger partial charge in [-0.15, -0.1) is 0 Å². The Hall–Kier alpha value is -0.870. The summed E-state index contributed by atoms with van der Waals surface area (Å²) in [6, 6.07) is 8.11. The van der Waals surface area contributed by atoms with Crippen molar-refractivity contribution in [3.8, 4) is 0 Å². The maximum atomic E-state index is 10.9. The molecule has 0 aliphatic carbocycles. The highest BCUT2D eigenvalue weighted by Gasteiger charge is 2.30. The van der Waals surface area contributed by atoms with Gasteiger partial charge in [0, 0.05) is 10.0 Å². The van der Waals surface area contributed by atoms with E-state index in [-0.39, 0.29) is 18.0 Å². The van der Waals surface area contributed by atoms with Gasteiger partial charge in [0.1, 0.15) is 0 Å². The number of benzene rings is 1. The number of carbonyl (C=O) groups is 1. The molecule has 0 saturated heterocycles. The largest absolute Gasteiger partial charge is 0.369 e. The molecule has 4 heteroatoms. The molecule has 17 heavy (non-hydrogen) atoms. The van der Waals surface area contributed by atoms with Gasteiger partial charge in [-0.25, -0.2) is 0 Å². The number of hydrogen-bond donors (Lipinski definition) is 2. The topological polar surface area (TPSA) is 55.1 Å². The van der Waals surface area contributed by atoms with Crippen molar-refractivity contribution in [2.75, 3.05) is 6.54 Å². The number of rotatable bonds is 5. The third-order valence-electron chi connectivity index (χ3n) is 3.23. The molecule has 1 aromatic rings. The zero-order valence-corrected chi connectivity index (χ0v) is 12.0. The molecular formula is C13H19BrN2O. The van der Waals surface area contributed by atoms with E-state index in [0.717, 1.165) is 10.0 Å². The normalized spacial score (nSPS) is 14.6. The second-order valence-corrected chi connectivity index (χ2v) is 5.60. The van der Waals surface area contributed by atoms with Gasteiger partial charge < -0.3 is 5.73 Å². The smallest absolute Gasteiger partial charge is 0.231 e. The Kier molecular flexibility index (Phi) is 4.71. The second-order valence-electron chi connectivity index (χ2n) is 4.68. The third kappa shape index (κ3) is 3.54. The van der Waals surface area contributed by atoms with Gasteiger partial charge in [0.25, 0.3) is 0 Å². The van der Waals surface area contributed by atoms with Gasteiger partial charge in [0.2, 0.25) is 5.91 Å². The number of halogens is 1. The number of nitrogens with two attached hydrogens (primary N) is 1. The molecule has 0 aliphatic rings. The summed E-state index contributed by atoms with van der Waals surface area (Å²) in [4.78, 5) is 10.9. The predicted octanol–water partition coefficient (Wildman–Crippen LogP) is 2.40. The van der Waals surface area contributed by atoms with E-state index in [2.05, 4.69) is 54.2 Å². The van der Waals surface area contributed by atoms with Crippen LogP contribution in [-0.4, -0.2) is 12.5 Å². The summed E-state index contributed by atoms with van der Waals surface area (Å²) in [5.41, 5.74) is 6.09. The van der Waals surface area contributed by atoms with Gasteiger partial charge in [0.05, 0.1) is 6.54 Å². The lowest BCUT2D eigenvalue weighted by Gasteiger charge is -2.35. The molecule has 0 fully saturated rings. The fourth-order valence-electron chi connectivity index (χ4n) is 1.71. The maximum Gasteiger partial charge on any atom is 0.231 e. The Labute approximate surface area is 111 Å². The molecule has 1 atom stereocenters. The van der Waals surface area contributed by atoms with E-state index >= 15 is 0 Å². The van der Waals surface area contributed by atoms with Crippen LogP contribution in [0.15, 0.2) is 28.7 Å². The van der Waals surface area contributed by atoms with Crippen LogP contribution in [0.4, 0.5) is 0 Å². The van der Waals surface area contributed by atoms with Crippen LogP contribution in [0.3, 0.4) is 0 Å². The highest BCUT2D eigenvalue weighted by Crippen LogP contribution is 2.29. The van der Waals surface area contributed by atoms with Crippen molar-refractivity contribution in [3.05, 3.63) is 34.3 Å². The Bertz CT molecular complexity index is 389. The molecular weight excluding hydrogens is 280 g/mol. The van der Waals surface area contributed by atoms with Crippen LogP contribution in [0.2, 0.25) is 0 Å². The van der Waals surface area contributed by atoms with Crippen LogP contribution in [0, 0.1) is 5.92 Å². The van der Waals surface area contributed by atoms with Gasteiger partial charge in [-0.3, -0.25) is 10.1 Å². The first-order valence-electron chi connectivity index (χ1n) is 5.65. The van der Waals surface area contributed by atoms with E-state index in [1.165, 1.54) is 0 Å². The van der Waals surface area contributed by atoms with E-state index in [9.17, 15) is 4.79 Å². The average Bonchev–Trinajstić information content (AvgIpc) is 2.26. The van der Waals surface area contributed by atoms with Crippen LogP contribution < -0.4 is 11.1 Å². The number of hydrogen-bond acceptors (Lipinski definition) is 2. The summed E-state index contributed by atoms with van der Waals surface area (Å²) in [6.45, 7) is 6.51. The quantitative estimate of drug-likeness (QED) is 0.877. The van der Waals surface area contributed by atoms with E-state index in [1.54, 1.807) is 0 Å². The zero-order valence-electron chi connectivity index (χ0n) is 10.5. The van der Waals surface area contributed by atoms with Gasteiger partial charge in [-0.2, -0.15) is 0 Å². The molecule has 1 aromatic carbocycles. The number of primary amides is 1. The Morgan fingerprint density at radius 1 is 1.41 bits per heavy atom. The van der Waals surface area contributed by atoms with Crippen LogP contribution in [0.5, 0.6) is 0 Å². The first-order chi connectivity index (χ1) is 7.86. The molecule has 3 N–H and O–H groups in total. The number of carbonyl (C=O) groups excluding carboxylic acids is 1. The lowest BCUT2D eigenvalue weighted by atomic mass is 9.81. The molecule has 0 radical (unpaired) electrons. The maximum absolute atomic E-state index is 10.9. The summed E-state index contributed by atoms with van der Waals surface area (Å²) in [7, 11) is 0. The SMILES string of the molecule is CC(C)C(C)(NCC(N)=O)c1ccc(Br)cc1. The fraction of sp³-hybridized carbons (Fsp3) is 0.462. The zero-order chi connectivity index (χ0) is 13.1. The third-order valence-corrected chi connectivity index (χ3v) is 3.76. The molecule has 0 saturated carbocycles. The van der Waals surface area contributed by atoms with Gasteiger partial charge in [-0.1, -0.05) is 41.9 Å². The van der Waals surface area contributed by atoms with Gasteiger partial charge in [-0.05, 0) is 30.5 Å². The highest BCUT2D eigenvalue weighted by atomic mass is 79.9. The van der Waals surface area contributed by atoms with E-state index in [0.29, 0.717) is 5.92 Å². The van der Waals surface area contributed by atoms with Gasteiger partial charge >= 0.3 is 0 Å². The summed E-state index contributed by atoms with van der Waals surface area (Å²) in [6.07, 6.45) is 0. The Morgan fingerprint density at radius 3 is 2.35 bits per heavy atom. The van der Waals surface area contributed by atoms with Crippen LogP contribution >= 0.6 is 15.9 Å². The molecule has 0 spiro atoms. The minimum Gasteiger partial charge on any atom is -0.369 e. The highest BCUT2D eigenvalue weighted by molar-refractivity contribution is 9.10. The molecule has 0 heterocycles. The van der Waals surface area contributed by atoms with E-state index in [4.69, 9.17) is 5.73 Å². The molecule has 0 aromatic heterocycles. The van der Waals surface area contributed by atoms with Crippen molar-refractivity contribution in [3.63, 3.8) is 0 Å². The van der Waals surface area contributed by atoms with Crippen LogP contribution in [-0.2, 0) is 10.3 Å². The minimum atomic E-state index is -0.339. The molecule has 1 rings (SSSR count). The lowest BCUT2D eigenvalue weighted by Crippen LogP contribution is -2.47. The molecule has 1 unspecified atom stereocenters. The monoisotopic (exact) mass is 298 g/mol. The molecule has 0 aliphatic heterocycles. The van der Waals surface area contributed by atoms with Crippen molar-refractivity contribution in [2.24, 2.45) is 11.7 Å². The average molecular weight is 299 g/mol.